The Balaban J connectivity index is 1.26. The van der Waals surface area contributed by atoms with E-state index in [1.807, 2.05) is 66.7 Å². The number of nitriles is 1. The lowest BCUT2D eigenvalue weighted by Crippen LogP contribution is -2.28. The predicted octanol–water partition coefficient (Wildman–Crippen LogP) is 10.8. The van der Waals surface area contributed by atoms with Gasteiger partial charge in [0.05, 0.1) is 17.0 Å². The van der Waals surface area contributed by atoms with E-state index in [1.54, 1.807) is 0 Å². The Hall–Kier alpha value is -6.96. The van der Waals surface area contributed by atoms with Gasteiger partial charge in [0.25, 0.3) is 0 Å². The predicted molar refractivity (Wildman–Crippen MR) is 204 cm³/mol. The number of rotatable bonds is 6. The van der Waals surface area contributed by atoms with Crippen LogP contribution in [0.4, 0.5) is 0 Å². The van der Waals surface area contributed by atoms with Crippen molar-refractivity contribution in [3.05, 3.63) is 210 Å². The van der Waals surface area contributed by atoms with Crippen LogP contribution in [0.1, 0.15) is 27.8 Å². The molecule has 0 atom stereocenters. The zero-order valence-corrected chi connectivity index (χ0v) is 27.6. The van der Waals surface area contributed by atoms with Gasteiger partial charge in [-0.25, -0.2) is 15.0 Å². The van der Waals surface area contributed by atoms with E-state index in [0.29, 0.717) is 23.0 Å². The van der Waals surface area contributed by atoms with Crippen molar-refractivity contribution in [2.24, 2.45) is 0 Å². The average Bonchev–Trinajstić information content (AvgIpc) is 3.52. The fourth-order valence-electron chi connectivity index (χ4n) is 7.51. The van der Waals surface area contributed by atoms with E-state index in [4.69, 9.17) is 15.0 Å². The molecular weight excluding hydrogens is 621 g/mol. The van der Waals surface area contributed by atoms with Gasteiger partial charge in [-0.1, -0.05) is 158 Å². The van der Waals surface area contributed by atoms with Crippen LogP contribution in [0, 0.1) is 11.3 Å². The second-order valence-electron chi connectivity index (χ2n) is 12.7. The van der Waals surface area contributed by atoms with Gasteiger partial charge in [-0.05, 0) is 68.8 Å². The summed E-state index contributed by atoms with van der Waals surface area (Å²) in [6, 6.07) is 65.2. The van der Waals surface area contributed by atoms with Crippen LogP contribution in [0.15, 0.2) is 182 Å². The topological polar surface area (TPSA) is 62.5 Å². The third-order valence-corrected chi connectivity index (χ3v) is 9.85. The molecule has 0 N–H and O–H groups in total. The summed E-state index contributed by atoms with van der Waals surface area (Å²) in [7, 11) is 0. The van der Waals surface area contributed by atoms with Gasteiger partial charge in [0.1, 0.15) is 0 Å². The molecule has 1 aromatic heterocycles. The van der Waals surface area contributed by atoms with Crippen molar-refractivity contribution in [1.29, 1.82) is 5.26 Å². The van der Waals surface area contributed by atoms with E-state index in [9.17, 15) is 5.26 Å². The molecule has 4 nitrogen and oxygen atoms in total. The molecule has 0 bridgehead atoms. The molecule has 0 saturated carbocycles. The second kappa shape index (κ2) is 12.5. The van der Waals surface area contributed by atoms with Crippen LogP contribution >= 0.6 is 0 Å². The molecule has 9 rings (SSSR count). The minimum atomic E-state index is -0.530. The monoisotopic (exact) mass is 650 g/mol. The summed E-state index contributed by atoms with van der Waals surface area (Å²) in [5, 5.41) is 9.30. The number of hydrogen-bond acceptors (Lipinski definition) is 4. The van der Waals surface area contributed by atoms with Crippen molar-refractivity contribution in [3.8, 4) is 62.5 Å². The van der Waals surface area contributed by atoms with Gasteiger partial charge in [0, 0.05) is 16.7 Å². The first-order valence-corrected chi connectivity index (χ1v) is 17.0. The molecule has 8 aromatic rings. The maximum atomic E-state index is 9.30. The highest BCUT2D eigenvalue weighted by atomic mass is 15.0. The van der Waals surface area contributed by atoms with Crippen LogP contribution < -0.4 is 0 Å². The lowest BCUT2D eigenvalue weighted by molar-refractivity contribution is 0.768. The number of benzene rings is 7. The van der Waals surface area contributed by atoms with Gasteiger partial charge in [-0.2, -0.15) is 5.26 Å². The largest absolute Gasteiger partial charge is 0.208 e. The van der Waals surface area contributed by atoms with E-state index in [0.717, 1.165) is 27.8 Å². The average molecular weight is 651 g/mol. The normalized spacial score (nSPS) is 12.5. The smallest absolute Gasteiger partial charge is 0.164 e. The van der Waals surface area contributed by atoms with Gasteiger partial charge < -0.3 is 0 Å². The van der Waals surface area contributed by atoms with E-state index in [-0.39, 0.29) is 0 Å². The fourth-order valence-corrected chi connectivity index (χ4v) is 7.51. The highest BCUT2D eigenvalue weighted by molar-refractivity contribution is 5.88. The van der Waals surface area contributed by atoms with Crippen LogP contribution in [0.2, 0.25) is 0 Å². The first-order valence-electron chi connectivity index (χ1n) is 17.0. The van der Waals surface area contributed by atoms with Crippen LogP contribution in [0.3, 0.4) is 0 Å². The zero-order valence-electron chi connectivity index (χ0n) is 27.6. The molecule has 0 aliphatic heterocycles. The molecule has 1 aliphatic rings. The first kappa shape index (κ1) is 30.1. The summed E-state index contributed by atoms with van der Waals surface area (Å²) in [5.74, 6) is 1.81. The first-order chi connectivity index (χ1) is 25.2. The van der Waals surface area contributed by atoms with Gasteiger partial charge in [0.15, 0.2) is 17.5 Å². The van der Waals surface area contributed by atoms with Gasteiger partial charge in [-0.15, -0.1) is 0 Å². The molecule has 0 spiro atoms. The number of fused-ring (bicyclic) bond motifs is 3. The van der Waals surface area contributed by atoms with Gasteiger partial charge in [0.2, 0.25) is 0 Å². The zero-order chi connectivity index (χ0) is 34.2. The molecule has 0 saturated heterocycles. The molecule has 1 heterocycles. The van der Waals surface area contributed by atoms with Crippen molar-refractivity contribution in [2.75, 3.05) is 0 Å². The van der Waals surface area contributed by atoms with Crippen molar-refractivity contribution in [2.45, 2.75) is 5.41 Å². The molecule has 7 aromatic carbocycles. The Morgan fingerprint density at radius 1 is 0.373 bits per heavy atom. The van der Waals surface area contributed by atoms with Crippen molar-refractivity contribution >= 4 is 0 Å². The summed E-state index contributed by atoms with van der Waals surface area (Å²) in [6.45, 7) is 0. The Morgan fingerprint density at radius 3 is 1.51 bits per heavy atom. The standard InChI is InChI=1S/C47H30N4/c48-31-32-23-25-33(26-24-32)35-15-12-16-36(29-35)45-49-44(34-13-4-1-5-14-34)50-46(51-45)37-27-28-41-40-21-10-11-22-42(40)47(43(41)30-37,38-17-6-2-7-18-38)39-19-8-3-9-20-39/h1-30H. The molecule has 1 aliphatic carbocycles. The summed E-state index contributed by atoms with van der Waals surface area (Å²) >= 11 is 0. The summed E-state index contributed by atoms with van der Waals surface area (Å²) < 4.78 is 0. The van der Waals surface area contributed by atoms with E-state index in [1.165, 1.54) is 33.4 Å². The summed E-state index contributed by atoms with van der Waals surface area (Å²) in [4.78, 5) is 15.3. The van der Waals surface area contributed by atoms with Crippen LogP contribution in [-0.4, -0.2) is 15.0 Å². The highest BCUT2D eigenvalue weighted by Gasteiger charge is 2.46. The van der Waals surface area contributed by atoms with Crippen LogP contribution in [-0.2, 0) is 5.41 Å². The lowest BCUT2D eigenvalue weighted by Gasteiger charge is -2.34. The third-order valence-electron chi connectivity index (χ3n) is 9.85. The molecule has 0 unspecified atom stereocenters. The Kier molecular flexibility index (Phi) is 7.38. The Morgan fingerprint density at radius 2 is 0.863 bits per heavy atom. The molecule has 0 fully saturated rings. The third kappa shape index (κ3) is 5.12. The van der Waals surface area contributed by atoms with Crippen LogP contribution in [0.25, 0.3) is 56.4 Å². The minimum absolute atomic E-state index is 0.530. The number of hydrogen-bond donors (Lipinski definition) is 0. The second-order valence-corrected chi connectivity index (χ2v) is 12.7. The molecule has 0 radical (unpaired) electrons. The van der Waals surface area contributed by atoms with Crippen molar-refractivity contribution < 1.29 is 0 Å². The molecular formula is C47H30N4. The molecule has 4 heteroatoms. The maximum Gasteiger partial charge on any atom is 0.164 e. The number of nitrogens with zero attached hydrogens (tertiary/aromatic N) is 4. The highest BCUT2D eigenvalue weighted by Crippen LogP contribution is 2.56. The quantitative estimate of drug-likeness (QED) is 0.180. The molecule has 238 valence electrons. The summed E-state index contributed by atoms with van der Waals surface area (Å²) in [6.07, 6.45) is 0. The van der Waals surface area contributed by atoms with Gasteiger partial charge >= 0.3 is 0 Å². The van der Waals surface area contributed by atoms with Crippen molar-refractivity contribution in [3.63, 3.8) is 0 Å². The molecule has 51 heavy (non-hydrogen) atoms. The van der Waals surface area contributed by atoms with E-state index in [2.05, 4.69) is 121 Å². The van der Waals surface area contributed by atoms with Gasteiger partial charge in [-0.3, -0.25) is 0 Å². The van der Waals surface area contributed by atoms with Crippen LogP contribution in [0.5, 0.6) is 0 Å². The maximum absolute atomic E-state index is 9.30. The van der Waals surface area contributed by atoms with E-state index >= 15 is 0 Å². The Labute approximate surface area is 297 Å². The minimum Gasteiger partial charge on any atom is -0.208 e. The van der Waals surface area contributed by atoms with E-state index < -0.39 is 5.41 Å². The fraction of sp³-hybridized carbons (Fsp3) is 0.0213. The van der Waals surface area contributed by atoms with Crippen molar-refractivity contribution in [1.82, 2.24) is 15.0 Å². The SMILES string of the molecule is N#Cc1ccc(-c2cccc(-c3nc(-c4ccccc4)nc(-c4ccc5c(c4)C(c4ccccc4)(c4ccccc4)c4ccccc4-5)n3)c2)cc1. The number of aromatic nitrogens is 3. The Bertz CT molecular complexity index is 2530. The molecule has 0 amide bonds. The summed E-state index contributed by atoms with van der Waals surface area (Å²) in [5.41, 5.74) is 12.2. The lowest BCUT2D eigenvalue weighted by atomic mass is 9.67.